The number of imidazole rings is 1. The molecule has 0 unspecified atom stereocenters. The average Bonchev–Trinajstić information content (AvgIpc) is 3.26. The van der Waals surface area contributed by atoms with Gasteiger partial charge in [0, 0.05) is 18.3 Å². The van der Waals surface area contributed by atoms with Gasteiger partial charge in [-0.15, -0.1) is 11.3 Å². The SMILES string of the molecule is Cc1ccsc1C(=O)NCc1cccnc1-n1cnc2ccccc21. The van der Waals surface area contributed by atoms with Crippen molar-refractivity contribution in [3.63, 3.8) is 0 Å². The number of thiophene rings is 1. The van der Waals surface area contributed by atoms with E-state index in [-0.39, 0.29) is 5.91 Å². The fraction of sp³-hybridized carbons (Fsp3) is 0.105. The number of nitrogens with one attached hydrogen (secondary N) is 1. The number of benzene rings is 1. The number of carbonyl (C=O) groups is 1. The molecule has 0 atom stereocenters. The highest BCUT2D eigenvalue weighted by molar-refractivity contribution is 7.12. The Morgan fingerprint density at radius 3 is 2.88 bits per heavy atom. The monoisotopic (exact) mass is 348 g/mol. The van der Waals surface area contributed by atoms with Crippen LogP contribution in [0, 0.1) is 6.92 Å². The van der Waals surface area contributed by atoms with Crippen molar-refractivity contribution in [2.24, 2.45) is 0 Å². The van der Waals surface area contributed by atoms with Gasteiger partial charge in [0.1, 0.15) is 12.1 Å². The molecule has 6 heteroatoms. The summed E-state index contributed by atoms with van der Waals surface area (Å²) in [6.07, 6.45) is 3.51. The molecule has 0 aliphatic rings. The molecule has 0 aliphatic carbocycles. The maximum absolute atomic E-state index is 12.4. The fourth-order valence-corrected chi connectivity index (χ4v) is 3.62. The van der Waals surface area contributed by atoms with E-state index in [9.17, 15) is 4.79 Å². The van der Waals surface area contributed by atoms with E-state index in [0.717, 1.165) is 32.9 Å². The molecule has 4 aromatic rings. The van der Waals surface area contributed by atoms with Crippen LogP contribution >= 0.6 is 11.3 Å². The Morgan fingerprint density at radius 1 is 1.16 bits per heavy atom. The van der Waals surface area contributed by atoms with Crippen LogP contribution in [0.2, 0.25) is 0 Å². The molecular weight excluding hydrogens is 332 g/mol. The van der Waals surface area contributed by atoms with Crippen LogP contribution in [0.3, 0.4) is 0 Å². The first kappa shape index (κ1) is 15.5. The van der Waals surface area contributed by atoms with Crippen molar-refractivity contribution in [1.82, 2.24) is 19.9 Å². The topological polar surface area (TPSA) is 59.8 Å². The van der Waals surface area contributed by atoms with E-state index in [1.807, 2.05) is 59.3 Å². The van der Waals surface area contributed by atoms with Crippen LogP contribution in [-0.2, 0) is 6.54 Å². The van der Waals surface area contributed by atoms with Crippen LogP contribution in [0.15, 0.2) is 60.4 Å². The Bertz CT molecular complexity index is 1050. The average molecular weight is 348 g/mol. The molecule has 0 fully saturated rings. The number of amides is 1. The van der Waals surface area contributed by atoms with E-state index in [4.69, 9.17) is 0 Å². The summed E-state index contributed by atoms with van der Waals surface area (Å²) in [7, 11) is 0. The molecule has 124 valence electrons. The first-order chi connectivity index (χ1) is 12.2. The summed E-state index contributed by atoms with van der Waals surface area (Å²) in [5.74, 6) is 0.720. The normalized spacial score (nSPS) is 10.9. The molecule has 25 heavy (non-hydrogen) atoms. The molecule has 1 aromatic carbocycles. The van der Waals surface area contributed by atoms with E-state index < -0.39 is 0 Å². The predicted molar refractivity (Wildman–Crippen MR) is 99.1 cm³/mol. The molecule has 0 saturated carbocycles. The third-order valence-electron chi connectivity index (χ3n) is 4.06. The van der Waals surface area contributed by atoms with Crippen molar-refractivity contribution in [1.29, 1.82) is 0 Å². The molecule has 4 rings (SSSR count). The summed E-state index contributed by atoms with van der Waals surface area (Å²) >= 11 is 1.45. The van der Waals surface area contributed by atoms with Gasteiger partial charge in [0.15, 0.2) is 0 Å². The van der Waals surface area contributed by atoms with Crippen LogP contribution in [0.4, 0.5) is 0 Å². The number of hydrogen-bond donors (Lipinski definition) is 1. The molecule has 0 radical (unpaired) electrons. The van der Waals surface area contributed by atoms with Gasteiger partial charge in [-0.25, -0.2) is 9.97 Å². The van der Waals surface area contributed by atoms with Crippen LogP contribution in [0.5, 0.6) is 0 Å². The molecule has 1 amide bonds. The number of nitrogens with zero attached hydrogens (tertiary/aromatic N) is 3. The number of hydrogen-bond acceptors (Lipinski definition) is 4. The summed E-state index contributed by atoms with van der Waals surface area (Å²) in [5, 5.41) is 4.92. The minimum atomic E-state index is -0.0576. The van der Waals surface area contributed by atoms with Gasteiger partial charge in [-0.2, -0.15) is 0 Å². The Labute approximate surface area is 149 Å². The predicted octanol–water partition coefficient (Wildman–Crippen LogP) is 3.72. The quantitative estimate of drug-likeness (QED) is 0.611. The van der Waals surface area contributed by atoms with Gasteiger partial charge in [-0.05, 0) is 42.1 Å². The maximum atomic E-state index is 12.4. The summed E-state index contributed by atoms with van der Waals surface area (Å²) in [4.78, 5) is 22.0. The summed E-state index contributed by atoms with van der Waals surface area (Å²) in [6, 6.07) is 13.7. The Hall–Kier alpha value is -2.99. The summed E-state index contributed by atoms with van der Waals surface area (Å²) in [5.41, 5.74) is 3.84. The fourth-order valence-electron chi connectivity index (χ4n) is 2.77. The maximum Gasteiger partial charge on any atom is 0.261 e. The summed E-state index contributed by atoms with van der Waals surface area (Å²) in [6.45, 7) is 2.35. The second-order valence-electron chi connectivity index (χ2n) is 5.70. The van der Waals surface area contributed by atoms with E-state index in [0.29, 0.717) is 6.54 Å². The highest BCUT2D eigenvalue weighted by atomic mass is 32.1. The number of pyridine rings is 1. The van der Waals surface area contributed by atoms with Crippen LogP contribution in [-0.4, -0.2) is 20.4 Å². The van der Waals surface area contributed by atoms with Crippen LogP contribution in [0.1, 0.15) is 20.8 Å². The second-order valence-corrected chi connectivity index (χ2v) is 6.62. The van der Waals surface area contributed by atoms with Gasteiger partial charge < -0.3 is 5.32 Å². The minimum Gasteiger partial charge on any atom is -0.347 e. The third-order valence-corrected chi connectivity index (χ3v) is 5.07. The zero-order valence-electron chi connectivity index (χ0n) is 13.6. The standard InChI is InChI=1S/C19H16N4OS/c1-13-8-10-25-17(13)19(24)21-11-14-5-4-9-20-18(14)23-12-22-15-6-2-3-7-16(15)23/h2-10,12H,11H2,1H3,(H,21,24). The molecule has 0 bridgehead atoms. The zero-order valence-corrected chi connectivity index (χ0v) is 14.5. The Balaban J connectivity index is 1.64. The molecule has 1 N–H and O–H groups in total. The van der Waals surface area contributed by atoms with Crippen molar-refractivity contribution < 1.29 is 4.79 Å². The molecule has 0 aliphatic heterocycles. The highest BCUT2D eigenvalue weighted by Gasteiger charge is 2.13. The molecule has 5 nitrogen and oxygen atoms in total. The lowest BCUT2D eigenvalue weighted by Crippen LogP contribution is -2.23. The van der Waals surface area contributed by atoms with Crippen molar-refractivity contribution in [2.75, 3.05) is 0 Å². The van der Waals surface area contributed by atoms with Crippen molar-refractivity contribution >= 4 is 28.3 Å². The van der Waals surface area contributed by atoms with Crippen molar-refractivity contribution in [3.8, 4) is 5.82 Å². The van der Waals surface area contributed by atoms with Gasteiger partial charge in [0.05, 0.1) is 15.9 Å². The van der Waals surface area contributed by atoms with Gasteiger partial charge in [0.2, 0.25) is 0 Å². The van der Waals surface area contributed by atoms with Gasteiger partial charge in [-0.3, -0.25) is 9.36 Å². The number of carbonyl (C=O) groups excluding carboxylic acids is 1. The van der Waals surface area contributed by atoms with Crippen molar-refractivity contribution in [3.05, 3.63) is 76.4 Å². The number of rotatable bonds is 4. The first-order valence-corrected chi connectivity index (χ1v) is 8.80. The first-order valence-electron chi connectivity index (χ1n) is 7.92. The lowest BCUT2D eigenvalue weighted by Gasteiger charge is -2.11. The van der Waals surface area contributed by atoms with E-state index >= 15 is 0 Å². The van der Waals surface area contributed by atoms with E-state index in [1.54, 1.807) is 12.5 Å². The van der Waals surface area contributed by atoms with Gasteiger partial charge >= 0.3 is 0 Å². The lowest BCUT2D eigenvalue weighted by atomic mass is 10.2. The van der Waals surface area contributed by atoms with Crippen LogP contribution < -0.4 is 5.32 Å². The lowest BCUT2D eigenvalue weighted by molar-refractivity contribution is 0.0954. The third kappa shape index (κ3) is 2.92. The summed E-state index contributed by atoms with van der Waals surface area (Å²) < 4.78 is 1.95. The number of para-hydroxylation sites is 2. The number of fused-ring (bicyclic) bond motifs is 1. The second kappa shape index (κ2) is 6.49. The highest BCUT2D eigenvalue weighted by Crippen LogP contribution is 2.20. The zero-order chi connectivity index (χ0) is 17.2. The van der Waals surface area contributed by atoms with Crippen molar-refractivity contribution in [2.45, 2.75) is 13.5 Å². The molecule has 3 heterocycles. The molecule has 0 spiro atoms. The van der Waals surface area contributed by atoms with E-state index in [1.165, 1.54) is 11.3 Å². The largest absolute Gasteiger partial charge is 0.347 e. The molecule has 3 aromatic heterocycles. The smallest absolute Gasteiger partial charge is 0.261 e. The number of aromatic nitrogens is 3. The Kier molecular flexibility index (Phi) is 4.03. The van der Waals surface area contributed by atoms with E-state index in [2.05, 4.69) is 15.3 Å². The van der Waals surface area contributed by atoms with Gasteiger partial charge in [0.25, 0.3) is 5.91 Å². The molecule has 0 saturated heterocycles. The van der Waals surface area contributed by atoms with Crippen LogP contribution in [0.25, 0.3) is 16.9 Å². The minimum absolute atomic E-state index is 0.0576. The van der Waals surface area contributed by atoms with Gasteiger partial charge in [-0.1, -0.05) is 18.2 Å². The number of aryl methyl sites for hydroxylation is 1. The molecular formula is C19H16N4OS. The Morgan fingerprint density at radius 2 is 2.04 bits per heavy atom.